The molecule has 0 radical (unpaired) electrons. The molecule has 0 unspecified atom stereocenters. The third-order valence-electron chi connectivity index (χ3n) is 4.33. The van der Waals surface area contributed by atoms with Gasteiger partial charge >= 0.3 is 29.8 Å². The van der Waals surface area contributed by atoms with Crippen molar-refractivity contribution in [1.82, 2.24) is 9.55 Å². The molecule has 1 aromatic heterocycles. The molecule has 178 valence electrons. The maximum atomic E-state index is 12.6. The fraction of sp³-hybridized carbons (Fsp3) is 0.611. The summed E-state index contributed by atoms with van der Waals surface area (Å²) in [5, 5.41) is 0. The summed E-state index contributed by atoms with van der Waals surface area (Å²) in [6.45, 7) is 2.75. The molecule has 14 heteroatoms. The predicted molar refractivity (Wildman–Crippen MR) is 97.3 cm³/mol. The number of carbonyl (C=O) groups is 3. The number of rotatable bonds is 7. The van der Waals surface area contributed by atoms with Crippen LogP contribution < -0.4 is 11.2 Å². The van der Waals surface area contributed by atoms with Crippen LogP contribution in [0.2, 0.25) is 0 Å². The second-order valence-electron chi connectivity index (χ2n) is 6.95. The molecule has 1 aliphatic heterocycles. The average Bonchev–Trinajstić information content (AvgIpc) is 2.94. The molecular weight excluding hydrogens is 445 g/mol. The summed E-state index contributed by atoms with van der Waals surface area (Å²) in [5.41, 5.74) is -2.47. The van der Waals surface area contributed by atoms with Crippen molar-refractivity contribution in [2.75, 3.05) is 6.61 Å². The van der Waals surface area contributed by atoms with Crippen LogP contribution in [0.25, 0.3) is 0 Å². The molecule has 2 heterocycles. The zero-order valence-electron chi connectivity index (χ0n) is 17.3. The van der Waals surface area contributed by atoms with Gasteiger partial charge in [0.2, 0.25) is 0 Å². The van der Waals surface area contributed by atoms with Gasteiger partial charge in [0.25, 0.3) is 5.56 Å². The molecule has 0 aromatic carbocycles. The molecule has 0 aliphatic carbocycles. The van der Waals surface area contributed by atoms with Crippen LogP contribution in [0.15, 0.2) is 15.8 Å². The number of aromatic nitrogens is 2. The van der Waals surface area contributed by atoms with Gasteiger partial charge in [0.1, 0.15) is 12.7 Å². The molecule has 0 amide bonds. The first-order valence-corrected chi connectivity index (χ1v) is 9.33. The number of nitrogens with zero attached hydrogens (tertiary/aromatic N) is 1. The SMILES string of the molecule is CC(=O)OC[C@H]1O[C@@H](n2cc(CCC(F)(F)F)c(=O)[nH]c2=O)[C@H](OC(C)=O)[C@@H]1OC(C)=O. The lowest BCUT2D eigenvalue weighted by Crippen LogP contribution is -2.42. The summed E-state index contributed by atoms with van der Waals surface area (Å²) in [6.07, 6.45) is -11.2. The van der Waals surface area contributed by atoms with Gasteiger partial charge in [0.15, 0.2) is 18.4 Å². The quantitative estimate of drug-likeness (QED) is 0.445. The second-order valence-corrected chi connectivity index (χ2v) is 6.95. The van der Waals surface area contributed by atoms with Crippen molar-refractivity contribution >= 4 is 17.9 Å². The molecule has 1 aliphatic rings. The summed E-state index contributed by atoms with van der Waals surface area (Å²) in [5.74, 6) is -2.34. The van der Waals surface area contributed by atoms with E-state index in [1.165, 1.54) is 0 Å². The Kier molecular flexibility index (Phi) is 7.83. The number of carbonyl (C=O) groups excluding carboxylic acids is 3. The highest BCUT2D eigenvalue weighted by Crippen LogP contribution is 2.33. The fourth-order valence-electron chi connectivity index (χ4n) is 3.09. The van der Waals surface area contributed by atoms with Crippen LogP contribution in [-0.2, 0) is 39.8 Å². The van der Waals surface area contributed by atoms with Gasteiger partial charge in [-0.3, -0.25) is 28.7 Å². The largest absolute Gasteiger partial charge is 0.463 e. The van der Waals surface area contributed by atoms with E-state index in [4.69, 9.17) is 18.9 Å². The van der Waals surface area contributed by atoms with Crippen molar-refractivity contribution in [3.8, 4) is 0 Å². The Morgan fingerprint density at radius 1 is 1.06 bits per heavy atom. The van der Waals surface area contributed by atoms with Crippen molar-refractivity contribution in [2.24, 2.45) is 0 Å². The first-order valence-electron chi connectivity index (χ1n) is 9.33. The summed E-state index contributed by atoms with van der Waals surface area (Å²) in [7, 11) is 0. The predicted octanol–water partition coefficient (Wildman–Crippen LogP) is 0.355. The zero-order valence-corrected chi connectivity index (χ0v) is 17.3. The minimum atomic E-state index is -4.55. The Morgan fingerprint density at radius 3 is 2.19 bits per heavy atom. The lowest BCUT2D eigenvalue weighted by molar-refractivity contribution is -0.166. The van der Waals surface area contributed by atoms with Gasteiger partial charge in [-0.15, -0.1) is 0 Å². The van der Waals surface area contributed by atoms with E-state index in [1.54, 1.807) is 0 Å². The van der Waals surface area contributed by atoms with Gasteiger partial charge < -0.3 is 18.9 Å². The van der Waals surface area contributed by atoms with E-state index < -0.39 is 79.3 Å². The van der Waals surface area contributed by atoms with Crippen molar-refractivity contribution in [3.63, 3.8) is 0 Å². The first-order chi connectivity index (χ1) is 14.8. The third kappa shape index (κ3) is 6.67. The number of ether oxygens (including phenoxy) is 4. The van der Waals surface area contributed by atoms with E-state index >= 15 is 0 Å². The van der Waals surface area contributed by atoms with Crippen molar-refractivity contribution in [1.29, 1.82) is 0 Å². The van der Waals surface area contributed by atoms with E-state index in [9.17, 15) is 37.1 Å². The number of hydrogen-bond acceptors (Lipinski definition) is 9. The van der Waals surface area contributed by atoms with Crippen LogP contribution in [0.1, 0.15) is 39.0 Å². The van der Waals surface area contributed by atoms with Crippen LogP contribution in [0.3, 0.4) is 0 Å². The Morgan fingerprint density at radius 2 is 1.66 bits per heavy atom. The van der Waals surface area contributed by atoms with Gasteiger partial charge in [-0.2, -0.15) is 13.2 Å². The Bertz CT molecular complexity index is 985. The normalized spacial score (nSPS) is 22.9. The Hall–Kier alpha value is -3.16. The van der Waals surface area contributed by atoms with E-state index in [0.717, 1.165) is 31.5 Å². The maximum absolute atomic E-state index is 12.6. The third-order valence-corrected chi connectivity index (χ3v) is 4.33. The minimum Gasteiger partial charge on any atom is -0.463 e. The zero-order chi connectivity index (χ0) is 24.2. The molecule has 0 bridgehead atoms. The smallest absolute Gasteiger partial charge is 0.389 e. The molecule has 1 aromatic rings. The number of aromatic amines is 1. The highest BCUT2D eigenvalue weighted by Gasteiger charge is 2.51. The molecular formula is C18H21F3N2O9. The maximum Gasteiger partial charge on any atom is 0.389 e. The first kappa shape index (κ1) is 25.1. The number of hydrogen-bond donors (Lipinski definition) is 1. The van der Waals surface area contributed by atoms with Crippen LogP contribution in [0.5, 0.6) is 0 Å². The number of alkyl halides is 3. The Balaban J connectivity index is 2.48. The topological polar surface area (TPSA) is 143 Å². The second kappa shape index (κ2) is 9.97. The van der Waals surface area contributed by atoms with Crippen LogP contribution in [0, 0.1) is 0 Å². The highest BCUT2D eigenvalue weighted by atomic mass is 19.4. The fourth-order valence-corrected chi connectivity index (χ4v) is 3.09. The number of H-pyrrole nitrogens is 1. The molecule has 11 nitrogen and oxygen atoms in total. The van der Waals surface area contributed by atoms with E-state index in [0.29, 0.717) is 0 Å². The van der Waals surface area contributed by atoms with Crippen LogP contribution >= 0.6 is 0 Å². The monoisotopic (exact) mass is 466 g/mol. The van der Waals surface area contributed by atoms with E-state index in [2.05, 4.69) is 0 Å². The van der Waals surface area contributed by atoms with Gasteiger partial charge in [-0.05, 0) is 6.42 Å². The van der Waals surface area contributed by atoms with Gasteiger partial charge in [0, 0.05) is 39.0 Å². The van der Waals surface area contributed by atoms with Crippen molar-refractivity contribution < 1.29 is 46.5 Å². The molecule has 1 saturated heterocycles. The summed E-state index contributed by atoms with van der Waals surface area (Å²) >= 11 is 0. The molecule has 32 heavy (non-hydrogen) atoms. The van der Waals surface area contributed by atoms with Gasteiger partial charge in [0.05, 0.1) is 0 Å². The van der Waals surface area contributed by atoms with Gasteiger partial charge in [-0.1, -0.05) is 0 Å². The van der Waals surface area contributed by atoms with Crippen molar-refractivity contribution in [2.45, 2.75) is 64.3 Å². The van der Waals surface area contributed by atoms with Crippen LogP contribution in [-0.4, -0.2) is 58.6 Å². The Labute approximate surface area is 178 Å². The summed E-state index contributed by atoms with van der Waals surface area (Å²) < 4.78 is 59.3. The molecule has 4 atom stereocenters. The molecule has 1 fully saturated rings. The molecule has 0 saturated carbocycles. The summed E-state index contributed by atoms with van der Waals surface area (Å²) in [6, 6.07) is 0. The van der Waals surface area contributed by atoms with Crippen LogP contribution in [0.4, 0.5) is 13.2 Å². The van der Waals surface area contributed by atoms with Gasteiger partial charge in [-0.25, -0.2) is 4.79 Å². The molecule has 1 N–H and O–H groups in total. The average molecular weight is 466 g/mol. The number of halogens is 3. The molecule has 2 rings (SSSR count). The summed E-state index contributed by atoms with van der Waals surface area (Å²) in [4.78, 5) is 60.6. The number of esters is 3. The lowest BCUT2D eigenvalue weighted by atomic mass is 10.1. The lowest BCUT2D eigenvalue weighted by Gasteiger charge is -2.24. The molecule has 0 spiro atoms. The minimum absolute atomic E-state index is 0.375. The number of aryl methyl sites for hydroxylation is 1. The van der Waals surface area contributed by atoms with E-state index in [-0.39, 0.29) is 5.56 Å². The standard InChI is InChI=1S/C18H21F3N2O9/c1-8(24)29-7-12-13(30-9(2)25)14(31-10(3)26)16(32-12)23-6-11(4-5-18(19,20)21)15(27)22-17(23)28/h6,12-14,16H,4-5,7H2,1-3H3,(H,22,27,28)/t12-,13-,14-,16-/m1/s1. The van der Waals surface area contributed by atoms with Crippen molar-refractivity contribution in [3.05, 3.63) is 32.6 Å². The highest BCUT2D eigenvalue weighted by molar-refractivity contribution is 5.68. The number of nitrogens with one attached hydrogen (secondary N) is 1. The van der Waals surface area contributed by atoms with E-state index in [1.807, 2.05) is 4.98 Å².